The first kappa shape index (κ1) is 25.9. The van der Waals surface area contributed by atoms with Gasteiger partial charge < -0.3 is 13.9 Å². The van der Waals surface area contributed by atoms with Crippen molar-refractivity contribution in [3.63, 3.8) is 0 Å². The van der Waals surface area contributed by atoms with Gasteiger partial charge in [0.05, 0.1) is 7.11 Å². The third-order valence-electron chi connectivity index (χ3n) is 6.10. The summed E-state index contributed by atoms with van der Waals surface area (Å²) in [5, 5.41) is 0. The van der Waals surface area contributed by atoms with Crippen molar-refractivity contribution < 1.29 is 27.1 Å². The third kappa shape index (κ3) is 6.13. The molecule has 1 saturated heterocycles. The number of ether oxygens (including phenoxy) is 2. The highest BCUT2D eigenvalue weighted by Gasteiger charge is 2.33. The van der Waals surface area contributed by atoms with Crippen LogP contribution < -0.4 is 4.74 Å². The lowest BCUT2D eigenvalue weighted by Crippen LogP contribution is -2.44. The second kappa shape index (κ2) is 11.2. The van der Waals surface area contributed by atoms with Gasteiger partial charge in [-0.25, -0.2) is 4.98 Å². The summed E-state index contributed by atoms with van der Waals surface area (Å²) in [6, 6.07) is 15.1. The topological polar surface area (TPSA) is 102 Å². The fourth-order valence-corrected chi connectivity index (χ4v) is 5.56. The van der Waals surface area contributed by atoms with Crippen LogP contribution in [0.1, 0.15) is 35.4 Å². The second-order valence-electron chi connectivity index (χ2n) is 8.78. The van der Waals surface area contributed by atoms with E-state index in [0.29, 0.717) is 36.2 Å². The number of benzene rings is 2. The fraction of sp³-hybridized carbons (Fsp3) is 0.385. The summed E-state index contributed by atoms with van der Waals surface area (Å²) in [6.45, 7) is 4.73. The second-order valence-corrected chi connectivity index (χ2v) is 10.7. The number of carbonyl (C=O) groups is 1. The van der Waals surface area contributed by atoms with Crippen molar-refractivity contribution in [3.05, 3.63) is 71.1 Å². The minimum atomic E-state index is -3.77. The van der Waals surface area contributed by atoms with Crippen molar-refractivity contribution in [2.24, 2.45) is 0 Å². The van der Waals surface area contributed by atoms with Gasteiger partial charge in [0.25, 0.3) is 10.2 Å². The van der Waals surface area contributed by atoms with Gasteiger partial charge in [0.1, 0.15) is 30.4 Å². The maximum atomic E-state index is 13.1. The van der Waals surface area contributed by atoms with Gasteiger partial charge in [-0.15, -0.1) is 0 Å². The van der Waals surface area contributed by atoms with E-state index in [4.69, 9.17) is 13.9 Å². The van der Waals surface area contributed by atoms with Gasteiger partial charge in [-0.2, -0.15) is 17.0 Å². The smallest absolute Gasteiger partial charge is 0.321 e. The number of carbonyl (C=O) groups excluding carboxylic acids is 1. The number of esters is 1. The molecule has 0 unspecified atom stereocenters. The Morgan fingerprint density at radius 1 is 1.06 bits per heavy atom. The number of hydrogen-bond acceptors (Lipinski definition) is 7. The Labute approximate surface area is 211 Å². The third-order valence-corrected chi connectivity index (χ3v) is 8.03. The molecule has 1 fully saturated rings. The number of aryl methyl sites for hydroxylation is 2. The highest BCUT2D eigenvalue weighted by molar-refractivity contribution is 7.86. The Morgan fingerprint density at radius 3 is 2.36 bits per heavy atom. The SMILES string of the molecule is COC(=O)CN(Cc1ccc(OCc2nc(-c3ccc(C)cc3)oc2C)cc1)S(=O)(=O)N1CCCC1. The van der Waals surface area contributed by atoms with Gasteiger partial charge >= 0.3 is 5.97 Å². The largest absolute Gasteiger partial charge is 0.487 e. The molecule has 3 aromatic rings. The van der Waals surface area contributed by atoms with Crippen molar-refractivity contribution in [3.8, 4) is 17.2 Å². The van der Waals surface area contributed by atoms with Crippen molar-refractivity contribution in [2.75, 3.05) is 26.7 Å². The van der Waals surface area contributed by atoms with Crippen molar-refractivity contribution >= 4 is 16.2 Å². The summed E-state index contributed by atoms with van der Waals surface area (Å²) < 4.78 is 45.1. The summed E-state index contributed by atoms with van der Waals surface area (Å²) in [4.78, 5) is 16.5. The van der Waals surface area contributed by atoms with E-state index in [1.165, 1.54) is 11.4 Å². The van der Waals surface area contributed by atoms with Gasteiger partial charge in [0.15, 0.2) is 0 Å². The summed E-state index contributed by atoms with van der Waals surface area (Å²) in [7, 11) is -2.53. The molecule has 9 nitrogen and oxygen atoms in total. The highest BCUT2D eigenvalue weighted by atomic mass is 32.2. The molecule has 2 aromatic carbocycles. The number of hydrogen-bond donors (Lipinski definition) is 0. The molecule has 0 bridgehead atoms. The zero-order valence-corrected chi connectivity index (χ0v) is 21.6. The molecule has 1 aliphatic heterocycles. The first-order valence-electron chi connectivity index (χ1n) is 11.8. The van der Waals surface area contributed by atoms with Gasteiger partial charge in [-0.1, -0.05) is 29.8 Å². The van der Waals surface area contributed by atoms with Crippen LogP contribution in [0.4, 0.5) is 0 Å². The number of aromatic nitrogens is 1. The summed E-state index contributed by atoms with van der Waals surface area (Å²) in [6.07, 6.45) is 1.63. The predicted molar refractivity (Wildman–Crippen MR) is 134 cm³/mol. The Bertz CT molecular complexity index is 1280. The van der Waals surface area contributed by atoms with E-state index in [0.717, 1.165) is 33.8 Å². The molecule has 0 spiro atoms. The van der Waals surface area contributed by atoms with E-state index in [9.17, 15) is 13.2 Å². The van der Waals surface area contributed by atoms with Gasteiger partial charge in [-0.3, -0.25) is 4.79 Å². The van der Waals surface area contributed by atoms with Gasteiger partial charge in [0.2, 0.25) is 5.89 Å². The lowest BCUT2D eigenvalue weighted by atomic mass is 10.1. The minimum Gasteiger partial charge on any atom is -0.487 e. The van der Waals surface area contributed by atoms with Crippen LogP contribution in [-0.4, -0.2) is 54.7 Å². The molecular formula is C26H31N3O6S. The Hall–Kier alpha value is -3.21. The van der Waals surface area contributed by atoms with Crippen molar-refractivity contribution in [1.29, 1.82) is 0 Å². The van der Waals surface area contributed by atoms with Crippen LogP contribution in [0, 0.1) is 13.8 Å². The van der Waals surface area contributed by atoms with E-state index >= 15 is 0 Å². The molecule has 0 N–H and O–H groups in total. The summed E-state index contributed by atoms with van der Waals surface area (Å²) >= 11 is 0. The van der Waals surface area contributed by atoms with E-state index in [1.807, 2.05) is 38.1 Å². The van der Waals surface area contributed by atoms with Crippen LogP contribution in [-0.2, 0) is 32.9 Å². The van der Waals surface area contributed by atoms with E-state index in [1.54, 1.807) is 24.3 Å². The Kier molecular flexibility index (Phi) is 8.07. The van der Waals surface area contributed by atoms with Crippen molar-refractivity contribution in [2.45, 2.75) is 39.8 Å². The minimum absolute atomic E-state index is 0.0521. The molecule has 0 saturated carbocycles. The zero-order chi connectivity index (χ0) is 25.7. The van der Waals surface area contributed by atoms with E-state index in [2.05, 4.69) is 4.98 Å². The quantitative estimate of drug-likeness (QED) is 0.380. The lowest BCUT2D eigenvalue weighted by Gasteiger charge is -2.26. The normalized spacial score (nSPS) is 14.3. The van der Waals surface area contributed by atoms with Gasteiger partial charge in [-0.05, 0) is 56.5 Å². The molecule has 0 radical (unpaired) electrons. The van der Waals surface area contributed by atoms with E-state index in [-0.39, 0.29) is 19.7 Å². The first-order chi connectivity index (χ1) is 17.3. The predicted octanol–water partition coefficient (Wildman–Crippen LogP) is 3.85. The Balaban J connectivity index is 1.41. The van der Waals surface area contributed by atoms with Gasteiger partial charge in [0, 0.05) is 25.2 Å². The zero-order valence-electron chi connectivity index (χ0n) is 20.8. The average molecular weight is 514 g/mol. The molecule has 1 aromatic heterocycles. The fourth-order valence-electron chi connectivity index (χ4n) is 3.94. The maximum absolute atomic E-state index is 13.1. The molecule has 192 valence electrons. The average Bonchev–Trinajstić information content (AvgIpc) is 3.54. The molecule has 0 atom stereocenters. The number of methoxy groups -OCH3 is 1. The molecule has 2 heterocycles. The summed E-state index contributed by atoms with van der Waals surface area (Å²) in [5.41, 5.74) is 3.50. The molecule has 10 heteroatoms. The molecule has 36 heavy (non-hydrogen) atoms. The first-order valence-corrected chi connectivity index (χ1v) is 13.2. The maximum Gasteiger partial charge on any atom is 0.321 e. The monoisotopic (exact) mass is 513 g/mol. The standard InChI is InChI=1S/C26H31N3O6S/c1-19-6-10-22(11-7-19)26-27-24(20(2)35-26)18-34-23-12-8-21(9-13-23)16-29(17-25(30)33-3)36(31,32)28-14-4-5-15-28/h6-13H,4-5,14-18H2,1-3H3. The lowest BCUT2D eigenvalue weighted by molar-refractivity contribution is -0.140. The van der Waals surface area contributed by atoms with Crippen molar-refractivity contribution in [1.82, 2.24) is 13.6 Å². The molecular weight excluding hydrogens is 482 g/mol. The number of rotatable bonds is 10. The van der Waals surface area contributed by atoms with Crippen LogP contribution in [0.25, 0.3) is 11.5 Å². The molecule has 0 aliphatic carbocycles. The van der Waals surface area contributed by atoms with Crippen LogP contribution in [0.2, 0.25) is 0 Å². The Morgan fingerprint density at radius 2 is 1.72 bits per heavy atom. The van der Waals surface area contributed by atoms with Crippen LogP contribution in [0.5, 0.6) is 5.75 Å². The molecule has 1 aliphatic rings. The van der Waals surface area contributed by atoms with Crippen LogP contribution >= 0.6 is 0 Å². The van der Waals surface area contributed by atoms with Crippen LogP contribution in [0.3, 0.4) is 0 Å². The molecule has 4 rings (SSSR count). The molecule has 0 amide bonds. The number of oxazole rings is 1. The number of nitrogens with zero attached hydrogens (tertiary/aromatic N) is 3. The van der Waals surface area contributed by atoms with Crippen LogP contribution in [0.15, 0.2) is 52.9 Å². The summed E-state index contributed by atoms with van der Waals surface area (Å²) in [5.74, 6) is 1.24. The van der Waals surface area contributed by atoms with E-state index < -0.39 is 16.2 Å². The highest BCUT2D eigenvalue weighted by Crippen LogP contribution is 2.24.